The van der Waals surface area contributed by atoms with E-state index in [1.807, 2.05) is 36.1 Å². The first kappa shape index (κ1) is 17.3. The van der Waals surface area contributed by atoms with Crippen molar-refractivity contribution in [3.8, 4) is 5.75 Å². The summed E-state index contributed by atoms with van der Waals surface area (Å²) in [6.45, 7) is 3.24. The Hall–Kier alpha value is -2.04. The number of ether oxygens (including phenoxy) is 1. The number of para-hydroxylation sites is 1. The molecule has 0 bridgehead atoms. The van der Waals surface area contributed by atoms with Crippen LogP contribution in [0.5, 0.6) is 5.75 Å². The highest BCUT2D eigenvalue weighted by atomic mass is 16.5. The first-order chi connectivity index (χ1) is 10.9. The molecule has 0 radical (unpaired) electrons. The fourth-order valence-electron chi connectivity index (χ4n) is 3.13. The number of amides is 2. The Bertz CT molecular complexity index is 571. The molecule has 0 saturated carbocycles. The Morgan fingerprint density at radius 1 is 1.35 bits per heavy atom. The van der Waals surface area contributed by atoms with Crippen molar-refractivity contribution in [2.24, 2.45) is 5.92 Å². The molecule has 0 spiro atoms. The molecule has 0 N–H and O–H groups in total. The van der Waals surface area contributed by atoms with Gasteiger partial charge in [-0.25, -0.2) is 0 Å². The highest BCUT2D eigenvalue weighted by Crippen LogP contribution is 2.29. The van der Waals surface area contributed by atoms with E-state index in [9.17, 15) is 9.59 Å². The number of likely N-dealkylation sites (tertiary alicyclic amines) is 1. The van der Waals surface area contributed by atoms with Gasteiger partial charge >= 0.3 is 0 Å². The van der Waals surface area contributed by atoms with Gasteiger partial charge in [-0.15, -0.1) is 0 Å². The molecule has 1 saturated heterocycles. The van der Waals surface area contributed by atoms with Crippen LogP contribution in [0.3, 0.4) is 0 Å². The molecule has 1 aromatic carbocycles. The number of rotatable bonds is 5. The van der Waals surface area contributed by atoms with Crippen molar-refractivity contribution in [2.75, 3.05) is 34.3 Å². The van der Waals surface area contributed by atoms with E-state index in [4.69, 9.17) is 4.74 Å². The number of carbonyl (C=O) groups is 2. The zero-order valence-electron chi connectivity index (χ0n) is 14.4. The number of hydrogen-bond acceptors (Lipinski definition) is 3. The third-order valence-corrected chi connectivity index (χ3v) is 4.48. The zero-order valence-corrected chi connectivity index (χ0v) is 14.4. The maximum absolute atomic E-state index is 12.5. The summed E-state index contributed by atoms with van der Waals surface area (Å²) in [6.07, 6.45) is 1.19. The summed E-state index contributed by atoms with van der Waals surface area (Å²) in [5.74, 6) is 1.06. The van der Waals surface area contributed by atoms with E-state index in [1.165, 1.54) is 0 Å². The number of methoxy groups -OCH3 is 1. The lowest BCUT2D eigenvalue weighted by atomic mass is 9.96. The van der Waals surface area contributed by atoms with Gasteiger partial charge in [0.05, 0.1) is 13.0 Å². The summed E-state index contributed by atoms with van der Waals surface area (Å²) in [5.41, 5.74) is 1.04. The van der Waals surface area contributed by atoms with Crippen LogP contribution >= 0.6 is 0 Å². The Balaban J connectivity index is 1.96. The van der Waals surface area contributed by atoms with Gasteiger partial charge in [0.2, 0.25) is 11.8 Å². The first-order valence-corrected chi connectivity index (χ1v) is 8.06. The van der Waals surface area contributed by atoms with Gasteiger partial charge in [0.25, 0.3) is 0 Å². The molecule has 0 aliphatic carbocycles. The van der Waals surface area contributed by atoms with Gasteiger partial charge < -0.3 is 14.5 Å². The van der Waals surface area contributed by atoms with Crippen LogP contribution < -0.4 is 4.74 Å². The summed E-state index contributed by atoms with van der Waals surface area (Å²) in [4.78, 5) is 28.0. The van der Waals surface area contributed by atoms with Gasteiger partial charge in [0, 0.05) is 33.6 Å². The van der Waals surface area contributed by atoms with Gasteiger partial charge in [-0.1, -0.05) is 25.1 Å². The number of carbonyl (C=O) groups excluding carboxylic acids is 2. The molecule has 23 heavy (non-hydrogen) atoms. The largest absolute Gasteiger partial charge is 0.496 e. The molecule has 0 aromatic heterocycles. The van der Waals surface area contributed by atoms with Crippen molar-refractivity contribution >= 4 is 11.8 Å². The third kappa shape index (κ3) is 4.03. The molecule has 5 nitrogen and oxygen atoms in total. The second-order valence-corrected chi connectivity index (χ2v) is 6.41. The third-order valence-electron chi connectivity index (χ3n) is 4.48. The second kappa shape index (κ2) is 7.49. The molecule has 0 unspecified atom stereocenters. The second-order valence-electron chi connectivity index (χ2n) is 6.41. The maximum atomic E-state index is 12.5. The average molecular weight is 318 g/mol. The van der Waals surface area contributed by atoms with E-state index >= 15 is 0 Å². The molecular formula is C18H26N2O3. The van der Waals surface area contributed by atoms with Gasteiger partial charge in [-0.3, -0.25) is 9.59 Å². The van der Waals surface area contributed by atoms with E-state index in [0.29, 0.717) is 19.5 Å². The van der Waals surface area contributed by atoms with Crippen LogP contribution in [0.4, 0.5) is 0 Å². The molecule has 5 heteroatoms. The quantitative estimate of drug-likeness (QED) is 0.835. The molecule has 2 rings (SSSR count). The lowest BCUT2D eigenvalue weighted by Crippen LogP contribution is -2.34. The number of nitrogens with zero attached hydrogens (tertiary/aromatic N) is 2. The SMILES string of the molecule is COc1ccccc1[C@H](C)CC(=O)N1CC[C@H](C(=O)N(C)C)C1. The predicted octanol–water partition coefficient (Wildman–Crippen LogP) is 2.13. The Morgan fingerprint density at radius 3 is 2.70 bits per heavy atom. The summed E-state index contributed by atoms with van der Waals surface area (Å²) in [7, 11) is 5.17. The Kier molecular flexibility index (Phi) is 5.64. The van der Waals surface area contributed by atoms with E-state index in [1.54, 1.807) is 26.1 Å². The zero-order chi connectivity index (χ0) is 17.0. The van der Waals surface area contributed by atoms with Crippen LogP contribution in [-0.4, -0.2) is 55.9 Å². The summed E-state index contributed by atoms with van der Waals surface area (Å²) in [5, 5.41) is 0. The fraction of sp³-hybridized carbons (Fsp3) is 0.556. The van der Waals surface area contributed by atoms with Gasteiger partial charge in [0.15, 0.2) is 0 Å². The first-order valence-electron chi connectivity index (χ1n) is 8.06. The molecule has 1 fully saturated rings. The Labute approximate surface area is 138 Å². The van der Waals surface area contributed by atoms with E-state index < -0.39 is 0 Å². The van der Waals surface area contributed by atoms with Crippen molar-refractivity contribution in [3.63, 3.8) is 0 Å². The summed E-state index contributed by atoms with van der Waals surface area (Å²) >= 11 is 0. The normalized spacial score (nSPS) is 18.6. The standard InChI is InChI=1S/C18H26N2O3/c1-13(15-7-5-6-8-16(15)23-4)11-17(21)20-10-9-14(12-20)18(22)19(2)3/h5-8,13-14H,9-12H2,1-4H3/t13-,14+/m1/s1. The topological polar surface area (TPSA) is 49.9 Å². The minimum absolute atomic E-state index is 0.0597. The highest BCUT2D eigenvalue weighted by Gasteiger charge is 2.32. The predicted molar refractivity (Wildman–Crippen MR) is 89.4 cm³/mol. The minimum Gasteiger partial charge on any atom is -0.496 e. The molecule has 1 heterocycles. The monoisotopic (exact) mass is 318 g/mol. The molecule has 126 valence electrons. The van der Waals surface area contributed by atoms with E-state index in [0.717, 1.165) is 17.7 Å². The van der Waals surface area contributed by atoms with Crippen molar-refractivity contribution in [1.29, 1.82) is 0 Å². The van der Waals surface area contributed by atoms with Crippen LogP contribution in [0.1, 0.15) is 31.2 Å². The molecule has 1 aliphatic heterocycles. The molecule has 1 aliphatic rings. The Morgan fingerprint density at radius 2 is 2.04 bits per heavy atom. The van der Waals surface area contributed by atoms with Crippen molar-refractivity contribution in [1.82, 2.24) is 9.80 Å². The molecular weight excluding hydrogens is 292 g/mol. The van der Waals surface area contributed by atoms with E-state index in [2.05, 4.69) is 0 Å². The average Bonchev–Trinajstić information content (AvgIpc) is 3.03. The van der Waals surface area contributed by atoms with Crippen LogP contribution in [-0.2, 0) is 9.59 Å². The summed E-state index contributed by atoms with van der Waals surface area (Å²) < 4.78 is 5.37. The van der Waals surface area contributed by atoms with Crippen LogP contribution in [0.2, 0.25) is 0 Å². The van der Waals surface area contributed by atoms with Crippen LogP contribution in [0, 0.1) is 5.92 Å². The smallest absolute Gasteiger partial charge is 0.227 e. The lowest BCUT2D eigenvalue weighted by molar-refractivity contribution is -0.133. The van der Waals surface area contributed by atoms with Gasteiger partial charge in [0.1, 0.15) is 5.75 Å². The maximum Gasteiger partial charge on any atom is 0.227 e. The lowest BCUT2D eigenvalue weighted by Gasteiger charge is -2.21. The van der Waals surface area contributed by atoms with Crippen LogP contribution in [0.15, 0.2) is 24.3 Å². The van der Waals surface area contributed by atoms with Crippen molar-refractivity contribution in [3.05, 3.63) is 29.8 Å². The fourth-order valence-corrected chi connectivity index (χ4v) is 3.13. The molecule has 1 aromatic rings. The number of hydrogen-bond donors (Lipinski definition) is 0. The molecule has 2 amide bonds. The van der Waals surface area contributed by atoms with E-state index in [-0.39, 0.29) is 23.7 Å². The van der Waals surface area contributed by atoms with Crippen molar-refractivity contribution < 1.29 is 14.3 Å². The minimum atomic E-state index is -0.0597. The number of benzene rings is 1. The summed E-state index contributed by atoms with van der Waals surface area (Å²) in [6, 6.07) is 7.80. The molecule has 2 atom stereocenters. The van der Waals surface area contributed by atoms with Gasteiger partial charge in [-0.05, 0) is 24.0 Å². The van der Waals surface area contributed by atoms with Crippen molar-refractivity contribution in [2.45, 2.75) is 25.7 Å². The highest BCUT2D eigenvalue weighted by molar-refractivity contribution is 5.82. The van der Waals surface area contributed by atoms with Gasteiger partial charge in [-0.2, -0.15) is 0 Å². The van der Waals surface area contributed by atoms with Crippen LogP contribution in [0.25, 0.3) is 0 Å².